The summed E-state index contributed by atoms with van der Waals surface area (Å²) in [5.74, 6) is 0.385. The third-order valence-corrected chi connectivity index (χ3v) is 5.47. The van der Waals surface area contributed by atoms with E-state index in [-0.39, 0.29) is 35.0 Å². The van der Waals surface area contributed by atoms with Crippen molar-refractivity contribution in [3.05, 3.63) is 51.7 Å². The van der Waals surface area contributed by atoms with Gasteiger partial charge in [0.05, 0.1) is 12.2 Å². The molecule has 1 atom stereocenters. The Morgan fingerprint density at radius 1 is 1.18 bits per heavy atom. The van der Waals surface area contributed by atoms with Crippen LogP contribution in [0.4, 0.5) is 0 Å². The van der Waals surface area contributed by atoms with Gasteiger partial charge in [-0.25, -0.2) is 9.78 Å². The molecule has 1 aromatic carbocycles. The second kappa shape index (κ2) is 12.9. The van der Waals surface area contributed by atoms with Gasteiger partial charge >= 0.3 is 29.0 Å². The summed E-state index contributed by atoms with van der Waals surface area (Å²) in [7, 11) is 1.78. The second-order valence-electron chi connectivity index (χ2n) is 7.83. The molecule has 0 amide bonds. The number of aromatic nitrogens is 4. The molecule has 0 radical (unpaired) electrons. The van der Waals surface area contributed by atoms with Crippen LogP contribution < -0.4 is 10.3 Å². The summed E-state index contributed by atoms with van der Waals surface area (Å²) >= 11 is 0. The molecule has 34 heavy (non-hydrogen) atoms. The maximum Gasteiger partial charge on any atom is 2.00 e. The van der Waals surface area contributed by atoms with E-state index in [1.807, 2.05) is 19.1 Å². The molecule has 10 heteroatoms. The van der Waals surface area contributed by atoms with Gasteiger partial charge in [0.1, 0.15) is 23.7 Å². The van der Waals surface area contributed by atoms with E-state index >= 15 is 0 Å². The summed E-state index contributed by atoms with van der Waals surface area (Å²) in [6.45, 7) is 6.84. The van der Waals surface area contributed by atoms with Crippen LogP contribution in [0.15, 0.2) is 29.1 Å². The third kappa shape index (κ3) is 6.37. The summed E-state index contributed by atoms with van der Waals surface area (Å²) in [5, 5.41) is 13.7. The Balaban J connectivity index is 0.00000408. The summed E-state index contributed by atoms with van der Waals surface area (Å²) in [6.07, 6.45) is 1.77. The number of carbonyl (C=O) groups is 1. The normalized spacial score (nSPS) is 11.9. The first-order valence-electron chi connectivity index (χ1n) is 11.4. The van der Waals surface area contributed by atoms with Gasteiger partial charge < -0.3 is 14.6 Å². The van der Waals surface area contributed by atoms with E-state index in [1.54, 1.807) is 35.4 Å². The first kappa shape index (κ1) is 27.8. The van der Waals surface area contributed by atoms with Crippen molar-refractivity contribution in [2.24, 2.45) is 7.05 Å². The maximum absolute atomic E-state index is 13.2. The van der Waals surface area contributed by atoms with Crippen molar-refractivity contribution < 1.29 is 19.4 Å². The molecule has 0 aliphatic carbocycles. The smallest absolute Gasteiger partial charge is 0.492 e. The molecule has 9 nitrogen and oxygen atoms in total. The molecule has 1 N–H and O–H groups in total. The number of hydrogen-bond acceptors (Lipinski definition) is 6. The topological polar surface area (TPSA) is 108 Å². The van der Waals surface area contributed by atoms with Gasteiger partial charge in [-0.15, -0.1) is 0 Å². The monoisotopic (exact) mass is 480 g/mol. The standard InChI is InChI=1S/C24H32N4O5.Mg/c1-5-8-18-21-22(27(4)26-18)23(29)28(20(6-2)25-21)13-14-33-17-11-9-16(10-12-17)15-19(24(30)31)32-7-3;/h9-12,19H,5-8,13-15H2,1-4H3,(H,30,31);/q;+2/t19-;/m0./s1. The van der Waals surface area contributed by atoms with Crippen molar-refractivity contribution in [1.29, 1.82) is 0 Å². The summed E-state index contributed by atoms with van der Waals surface area (Å²) in [6, 6.07) is 7.24. The number of benzene rings is 1. The SMILES string of the molecule is CCCc1nn(C)c2c(=O)n(CCOc3ccc(C[C@H](OCC)C(=O)O)cc3)c(CC)nc12.[Mg+2]. The summed E-state index contributed by atoms with van der Waals surface area (Å²) in [4.78, 5) is 29.2. The molecule has 2 aromatic heterocycles. The minimum absolute atomic E-state index is 0. The van der Waals surface area contributed by atoms with E-state index in [0.717, 1.165) is 24.1 Å². The van der Waals surface area contributed by atoms with Gasteiger partial charge in [-0.1, -0.05) is 32.4 Å². The number of carboxylic acids is 1. The van der Waals surface area contributed by atoms with Crippen molar-refractivity contribution in [2.45, 2.75) is 59.1 Å². The van der Waals surface area contributed by atoms with E-state index in [1.165, 1.54) is 0 Å². The van der Waals surface area contributed by atoms with Crippen molar-refractivity contribution in [3.8, 4) is 5.75 Å². The molecule has 0 aliphatic heterocycles. The van der Waals surface area contributed by atoms with E-state index in [2.05, 4.69) is 12.0 Å². The van der Waals surface area contributed by atoms with Gasteiger partial charge in [-0.2, -0.15) is 5.10 Å². The molecule has 178 valence electrons. The molecule has 0 unspecified atom stereocenters. The Kier molecular flexibility index (Phi) is 10.5. The average molecular weight is 481 g/mol. The number of aryl methyl sites for hydroxylation is 3. The Morgan fingerprint density at radius 2 is 1.88 bits per heavy atom. The fourth-order valence-corrected chi connectivity index (χ4v) is 3.88. The first-order chi connectivity index (χ1) is 15.9. The Labute approximate surface area is 215 Å². The van der Waals surface area contributed by atoms with Crippen molar-refractivity contribution in [2.75, 3.05) is 13.2 Å². The van der Waals surface area contributed by atoms with Crippen LogP contribution >= 0.6 is 0 Å². The second-order valence-corrected chi connectivity index (χ2v) is 7.83. The largest absolute Gasteiger partial charge is 2.00 e. The van der Waals surface area contributed by atoms with Crippen LogP contribution in [-0.2, 0) is 42.4 Å². The Morgan fingerprint density at radius 3 is 2.47 bits per heavy atom. The number of ether oxygens (including phenoxy) is 2. The zero-order chi connectivity index (χ0) is 24.0. The van der Waals surface area contributed by atoms with Crippen LogP contribution in [0.1, 0.15) is 44.3 Å². The summed E-state index contributed by atoms with van der Waals surface area (Å²) < 4.78 is 14.4. The van der Waals surface area contributed by atoms with Gasteiger partial charge in [0, 0.05) is 26.5 Å². The van der Waals surface area contributed by atoms with Crippen LogP contribution in [0.25, 0.3) is 11.0 Å². The number of nitrogens with zero attached hydrogens (tertiary/aromatic N) is 4. The molecule has 0 fully saturated rings. The number of carboxylic acid groups (broad SMARTS) is 1. The molecular formula is C24H32MgN4O5+2. The van der Waals surface area contributed by atoms with Crippen LogP contribution in [0.2, 0.25) is 0 Å². The number of hydrogen-bond donors (Lipinski definition) is 1. The molecule has 3 rings (SSSR count). The van der Waals surface area contributed by atoms with E-state index < -0.39 is 12.1 Å². The molecule has 0 aliphatic rings. The molecular weight excluding hydrogens is 449 g/mol. The predicted octanol–water partition coefficient (Wildman–Crippen LogP) is 2.38. The number of aliphatic carboxylic acids is 1. The van der Waals surface area contributed by atoms with Crippen LogP contribution in [0.5, 0.6) is 5.75 Å². The molecule has 0 saturated carbocycles. The van der Waals surface area contributed by atoms with Gasteiger partial charge in [-0.05, 0) is 31.0 Å². The fourth-order valence-electron chi connectivity index (χ4n) is 3.88. The van der Waals surface area contributed by atoms with Crippen molar-refractivity contribution in [1.82, 2.24) is 19.3 Å². The number of fused-ring (bicyclic) bond motifs is 1. The molecule has 0 spiro atoms. The summed E-state index contributed by atoms with van der Waals surface area (Å²) in [5.41, 5.74) is 2.81. The predicted molar refractivity (Wildman–Crippen MR) is 131 cm³/mol. The Hall–Kier alpha value is -2.43. The molecule has 3 aromatic rings. The van der Waals surface area contributed by atoms with E-state index in [9.17, 15) is 14.7 Å². The van der Waals surface area contributed by atoms with Gasteiger partial charge in [0.25, 0.3) is 5.56 Å². The van der Waals surface area contributed by atoms with Crippen LogP contribution in [0.3, 0.4) is 0 Å². The molecule has 0 bridgehead atoms. The van der Waals surface area contributed by atoms with Crippen LogP contribution in [-0.4, -0.2) is 72.8 Å². The van der Waals surface area contributed by atoms with Gasteiger partial charge in [0.2, 0.25) is 0 Å². The number of rotatable bonds is 12. The van der Waals surface area contributed by atoms with E-state index in [4.69, 9.17) is 14.5 Å². The zero-order valence-corrected chi connectivity index (χ0v) is 21.8. The average Bonchev–Trinajstić information content (AvgIpc) is 3.11. The fraction of sp³-hybridized carbons (Fsp3) is 0.500. The van der Waals surface area contributed by atoms with Gasteiger partial charge in [0.15, 0.2) is 11.6 Å². The van der Waals surface area contributed by atoms with Crippen molar-refractivity contribution >= 4 is 40.1 Å². The van der Waals surface area contributed by atoms with E-state index in [0.29, 0.717) is 48.8 Å². The minimum Gasteiger partial charge on any atom is -0.492 e. The Bertz CT molecular complexity index is 1160. The first-order valence-corrected chi connectivity index (χ1v) is 11.4. The minimum atomic E-state index is -0.977. The molecule has 2 heterocycles. The van der Waals surface area contributed by atoms with Crippen molar-refractivity contribution in [3.63, 3.8) is 0 Å². The van der Waals surface area contributed by atoms with Crippen LogP contribution in [0, 0.1) is 0 Å². The quantitative estimate of drug-likeness (QED) is 0.396. The third-order valence-electron chi connectivity index (χ3n) is 5.47. The van der Waals surface area contributed by atoms with Gasteiger partial charge in [-0.3, -0.25) is 14.0 Å². The zero-order valence-electron chi connectivity index (χ0n) is 20.4. The maximum atomic E-state index is 13.2. The molecule has 0 saturated heterocycles.